The lowest BCUT2D eigenvalue weighted by molar-refractivity contribution is 0.883. The molecule has 0 saturated carbocycles. The number of halogens is 2. The van der Waals surface area contributed by atoms with E-state index >= 15 is 0 Å². The van der Waals surface area contributed by atoms with Crippen molar-refractivity contribution in [3.8, 4) is 0 Å². The highest BCUT2D eigenvalue weighted by Crippen LogP contribution is 2.30. The molecule has 1 aromatic carbocycles. The first kappa shape index (κ1) is 14.4. The molecule has 0 aliphatic heterocycles. The van der Waals surface area contributed by atoms with Gasteiger partial charge in [0.1, 0.15) is 0 Å². The van der Waals surface area contributed by atoms with Crippen LogP contribution in [0.1, 0.15) is 16.8 Å². The number of aromatic amines is 1. The Bertz CT molecular complexity index is 650. The first-order chi connectivity index (χ1) is 8.99. The van der Waals surface area contributed by atoms with E-state index in [1.165, 1.54) is 11.8 Å². The minimum absolute atomic E-state index is 0.111. The van der Waals surface area contributed by atoms with E-state index in [1.54, 1.807) is 25.1 Å². The number of thioether (sulfide) groups is 1. The number of hydrogen-bond donors (Lipinski definition) is 1. The highest BCUT2D eigenvalue weighted by molar-refractivity contribution is 7.98. The molecule has 0 unspecified atom stereocenters. The summed E-state index contributed by atoms with van der Waals surface area (Å²) in [6.07, 6.45) is 0. The topological polar surface area (TPSA) is 45.8 Å². The lowest BCUT2D eigenvalue weighted by Gasteiger charge is -2.07. The molecule has 2 rings (SSSR count). The van der Waals surface area contributed by atoms with Crippen LogP contribution in [0, 0.1) is 13.8 Å². The number of H-pyrrole nitrogens is 1. The van der Waals surface area contributed by atoms with E-state index in [0.29, 0.717) is 26.5 Å². The normalized spacial score (nSPS) is 10.7. The van der Waals surface area contributed by atoms with Crippen molar-refractivity contribution in [1.82, 2.24) is 9.97 Å². The monoisotopic (exact) mass is 314 g/mol. The molecule has 0 saturated heterocycles. The maximum absolute atomic E-state index is 11.6. The van der Waals surface area contributed by atoms with Crippen molar-refractivity contribution in [2.24, 2.45) is 0 Å². The van der Waals surface area contributed by atoms with Gasteiger partial charge in [-0.1, -0.05) is 41.0 Å². The summed E-state index contributed by atoms with van der Waals surface area (Å²) in [6.45, 7) is 3.57. The molecule has 19 heavy (non-hydrogen) atoms. The Morgan fingerprint density at radius 2 is 1.89 bits per heavy atom. The van der Waals surface area contributed by atoms with Crippen molar-refractivity contribution in [1.29, 1.82) is 0 Å². The Morgan fingerprint density at radius 3 is 2.47 bits per heavy atom. The van der Waals surface area contributed by atoms with Crippen LogP contribution in [0.2, 0.25) is 10.0 Å². The summed E-state index contributed by atoms with van der Waals surface area (Å²) >= 11 is 13.6. The molecule has 0 radical (unpaired) electrons. The molecule has 0 amide bonds. The van der Waals surface area contributed by atoms with Gasteiger partial charge in [-0.05, 0) is 31.5 Å². The Kier molecular flexibility index (Phi) is 4.55. The molecule has 0 fully saturated rings. The van der Waals surface area contributed by atoms with Gasteiger partial charge in [-0.2, -0.15) is 0 Å². The van der Waals surface area contributed by atoms with Crippen LogP contribution >= 0.6 is 35.0 Å². The molecule has 1 N–H and O–H groups in total. The van der Waals surface area contributed by atoms with Crippen molar-refractivity contribution in [2.45, 2.75) is 24.8 Å². The van der Waals surface area contributed by atoms with Gasteiger partial charge in [-0.25, -0.2) is 4.98 Å². The summed E-state index contributed by atoms with van der Waals surface area (Å²) in [5.41, 5.74) is 2.11. The Morgan fingerprint density at radius 1 is 1.26 bits per heavy atom. The molecule has 1 heterocycles. The number of aryl methyl sites for hydroxylation is 1. The molecule has 0 aliphatic carbocycles. The van der Waals surface area contributed by atoms with Crippen LogP contribution in [-0.2, 0) is 5.75 Å². The predicted octanol–water partition coefficient (Wildman–Crippen LogP) is 3.99. The zero-order chi connectivity index (χ0) is 14.0. The molecule has 1 aromatic heterocycles. The Hall–Kier alpha value is -0.970. The van der Waals surface area contributed by atoms with E-state index in [-0.39, 0.29) is 5.56 Å². The van der Waals surface area contributed by atoms with Gasteiger partial charge in [0, 0.05) is 27.1 Å². The maximum Gasteiger partial charge on any atom is 0.254 e. The van der Waals surface area contributed by atoms with Crippen LogP contribution in [0.3, 0.4) is 0 Å². The van der Waals surface area contributed by atoms with Gasteiger partial charge in [0.25, 0.3) is 5.56 Å². The lowest BCUT2D eigenvalue weighted by atomic mass is 10.2. The third-order valence-corrected chi connectivity index (χ3v) is 4.40. The van der Waals surface area contributed by atoms with E-state index in [4.69, 9.17) is 23.2 Å². The standard InChI is InChI=1S/C13H12Cl2N2OS/c1-7-8(2)16-13(17-12(7)18)19-6-9-10(14)4-3-5-11(9)15/h3-5H,6H2,1-2H3,(H,16,17,18). The quantitative estimate of drug-likeness (QED) is 0.688. The third-order valence-electron chi connectivity index (χ3n) is 2.79. The van der Waals surface area contributed by atoms with Gasteiger partial charge in [-0.3, -0.25) is 4.79 Å². The molecule has 0 atom stereocenters. The third kappa shape index (κ3) is 3.32. The average Bonchev–Trinajstić information content (AvgIpc) is 2.35. The van der Waals surface area contributed by atoms with Gasteiger partial charge in [0.2, 0.25) is 0 Å². The highest BCUT2D eigenvalue weighted by atomic mass is 35.5. The number of rotatable bonds is 3. The molecule has 6 heteroatoms. The van der Waals surface area contributed by atoms with E-state index < -0.39 is 0 Å². The summed E-state index contributed by atoms with van der Waals surface area (Å²) in [4.78, 5) is 18.7. The molecular weight excluding hydrogens is 303 g/mol. The minimum Gasteiger partial charge on any atom is -0.301 e. The second-order valence-corrected chi connectivity index (χ2v) is 5.85. The van der Waals surface area contributed by atoms with Gasteiger partial charge >= 0.3 is 0 Å². The van der Waals surface area contributed by atoms with Gasteiger partial charge in [0.05, 0.1) is 0 Å². The van der Waals surface area contributed by atoms with E-state index in [0.717, 1.165) is 11.3 Å². The summed E-state index contributed by atoms with van der Waals surface area (Å²) in [7, 11) is 0. The fraction of sp³-hybridized carbons (Fsp3) is 0.231. The van der Waals surface area contributed by atoms with Crippen LogP contribution in [0.25, 0.3) is 0 Å². The van der Waals surface area contributed by atoms with Crippen molar-refractivity contribution in [2.75, 3.05) is 0 Å². The zero-order valence-corrected chi connectivity index (χ0v) is 12.8. The lowest BCUT2D eigenvalue weighted by Crippen LogP contribution is -2.14. The first-order valence-corrected chi connectivity index (χ1v) is 7.36. The summed E-state index contributed by atoms with van der Waals surface area (Å²) < 4.78 is 0. The van der Waals surface area contributed by atoms with Gasteiger partial charge in [-0.15, -0.1) is 0 Å². The van der Waals surface area contributed by atoms with Crippen molar-refractivity contribution < 1.29 is 0 Å². The first-order valence-electron chi connectivity index (χ1n) is 5.62. The maximum atomic E-state index is 11.6. The second-order valence-electron chi connectivity index (χ2n) is 4.07. The highest BCUT2D eigenvalue weighted by Gasteiger charge is 2.08. The van der Waals surface area contributed by atoms with Crippen molar-refractivity contribution >= 4 is 35.0 Å². The second kappa shape index (κ2) is 5.99. The fourth-order valence-corrected chi connectivity index (χ4v) is 3.15. The Balaban J connectivity index is 2.22. The van der Waals surface area contributed by atoms with Crippen LogP contribution in [0.4, 0.5) is 0 Å². The molecule has 0 aliphatic rings. The van der Waals surface area contributed by atoms with Crippen LogP contribution < -0.4 is 5.56 Å². The molecule has 0 spiro atoms. The fourth-order valence-electron chi connectivity index (χ4n) is 1.50. The van der Waals surface area contributed by atoms with Gasteiger partial charge in [0.15, 0.2) is 5.16 Å². The van der Waals surface area contributed by atoms with E-state index in [9.17, 15) is 4.79 Å². The molecule has 2 aromatic rings. The van der Waals surface area contributed by atoms with E-state index in [2.05, 4.69) is 9.97 Å². The van der Waals surface area contributed by atoms with E-state index in [1.807, 2.05) is 6.92 Å². The zero-order valence-electron chi connectivity index (χ0n) is 10.5. The average molecular weight is 315 g/mol. The smallest absolute Gasteiger partial charge is 0.254 e. The van der Waals surface area contributed by atoms with Gasteiger partial charge < -0.3 is 4.98 Å². The molecule has 100 valence electrons. The number of hydrogen-bond acceptors (Lipinski definition) is 3. The minimum atomic E-state index is -0.111. The summed E-state index contributed by atoms with van der Waals surface area (Å²) in [6, 6.07) is 5.38. The number of benzene rings is 1. The van der Waals surface area contributed by atoms with Crippen molar-refractivity contribution in [3.63, 3.8) is 0 Å². The molecular formula is C13H12Cl2N2OS. The number of nitrogens with one attached hydrogen (secondary N) is 1. The van der Waals surface area contributed by atoms with Crippen LogP contribution in [0.15, 0.2) is 28.2 Å². The predicted molar refractivity (Wildman–Crippen MR) is 80.4 cm³/mol. The number of nitrogens with zero attached hydrogens (tertiary/aromatic N) is 1. The Labute approximate surface area is 125 Å². The molecule has 3 nitrogen and oxygen atoms in total. The van der Waals surface area contributed by atoms with Crippen molar-refractivity contribution in [3.05, 3.63) is 55.4 Å². The SMILES string of the molecule is Cc1nc(SCc2c(Cl)cccc2Cl)[nH]c(=O)c1C. The van der Waals surface area contributed by atoms with Crippen LogP contribution in [0.5, 0.6) is 0 Å². The summed E-state index contributed by atoms with van der Waals surface area (Å²) in [5, 5.41) is 1.81. The van der Waals surface area contributed by atoms with Crippen LogP contribution in [-0.4, -0.2) is 9.97 Å². The largest absolute Gasteiger partial charge is 0.301 e. The summed E-state index contributed by atoms with van der Waals surface area (Å²) in [5.74, 6) is 0.559. The number of aromatic nitrogens is 2. The molecule has 0 bridgehead atoms.